The third-order valence-corrected chi connectivity index (χ3v) is 2.59. The van der Waals surface area contributed by atoms with Gasteiger partial charge in [-0.2, -0.15) is 5.26 Å². The van der Waals surface area contributed by atoms with E-state index in [4.69, 9.17) is 10.4 Å². The minimum absolute atomic E-state index is 0.155. The Kier molecular flexibility index (Phi) is 2.79. The zero-order chi connectivity index (χ0) is 12.4. The van der Waals surface area contributed by atoms with Gasteiger partial charge in [-0.05, 0) is 18.6 Å². The number of aromatic nitrogens is 2. The van der Waals surface area contributed by atoms with E-state index in [1.165, 1.54) is 0 Å². The minimum atomic E-state index is -0.940. The number of nitriles is 1. The smallest absolute Gasteiger partial charge is 0.309 e. The predicted molar refractivity (Wildman–Crippen MR) is 60.6 cm³/mol. The molecule has 0 radical (unpaired) electrons. The third kappa shape index (κ3) is 1.97. The van der Waals surface area contributed by atoms with Crippen molar-refractivity contribution in [3.05, 3.63) is 35.3 Å². The fraction of sp³-hybridized carbons (Fsp3) is 0.250. The van der Waals surface area contributed by atoms with Crippen LogP contribution in [0.25, 0.3) is 5.65 Å². The van der Waals surface area contributed by atoms with Crippen LogP contribution in [0, 0.1) is 18.3 Å². The average Bonchev–Trinajstić information content (AvgIpc) is 2.59. The van der Waals surface area contributed by atoms with Gasteiger partial charge in [-0.15, -0.1) is 0 Å². The first-order valence-corrected chi connectivity index (χ1v) is 5.17. The number of carboxylic acids is 1. The number of imidazole rings is 1. The van der Waals surface area contributed by atoms with Crippen LogP contribution < -0.4 is 0 Å². The second-order valence-corrected chi connectivity index (χ2v) is 3.80. The van der Waals surface area contributed by atoms with Gasteiger partial charge in [0.05, 0.1) is 30.3 Å². The molecule has 0 fully saturated rings. The van der Waals surface area contributed by atoms with Crippen LogP contribution in [0.1, 0.15) is 17.0 Å². The first-order valence-electron chi connectivity index (χ1n) is 5.17. The van der Waals surface area contributed by atoms with Crippen LogP contribution in [0.5, 0.6) is 0 Å². The molecule has 1 N–H and O–H groups in total. The molecule has 0 amide bonds. The SMILES string of the molecule is Cc1cccn2c(CC#N)c(CC(=O)O)nc12. The van der Waals surface area contributed by atoms with Crippen LogP contribution in [-0.4, -0.2) is 20.5 Å². The Hall–Kier alpha value is -2.35. The Morgan fingerprint density at radius 1 is 1.65 bits per heavy atom. The fourth-order valence-corrected chi connectivity index (χ4v) is 1.85. The summed E-state index contributed by atoms with van der Waals surface area (Å²) < 4.78 is 1.79. The maximum atomic E-state index is 10.8. The van der Waals surface area contributed by atoms with Crippen molar-refractivity contribution >= 4 is 11.6 Å². The second-order valence-electron chi connectivity index (χ2n) is 3.80. The molecule has 0 aliphatic rings. The fourth-order valence-electron chi connectivity index (χ4n) is 1.85. The predicted octanol–water partition coefficient (Wildman–Crippen LogP) is 1.34. The standard InChI is InChI=1S/C12H11N3O2/c1-8-3-2-6-15-10(4-5-13)9(7-11(16)17)14-12(8)15/h2-3,6H,4,7H2,1H3,(H,16,17). The number of pyridine rings is 1. The molecule has 0 saturated heterocycles. The molecule has 0 bridgehead atoms. The average molecular weight is 229 g/mol. The quantitative estimate of drug-likeness (QED) is 0.861. The maximum absolute atomic E-state index is 10.8. The van der Waals surface area contributed by atoms with Gasteiger partial charge < -0.3 is 9.51 Å². The largest absolute Gasteiger partial charge is 0.481 e. The van der Waals surface area contributed by atoms with Crippen LogP contribution in [0.2, 0.25) is 0 Å². The summed E-state index contributed by atoms with van der Waals surface area (Å²) in [7, 11) is 0. The van der Waals surface area contributed by atoms with E-state index in [9.17, 15) is 4.79 Å². The van der Waals surface area contributed by atoms with Crippen molar-refractivity contribution in [2.24, 2.45) is 0 Å². The van der Waals surface area contributed by atoms with E-state index in [0.29, 0.717) is 17.0 Å². The Bertz CT molecular complexity index is 622. The summed E-state index contributed by atoms with van der Waals surface area (Å²) in [5, 5.41) is 17.6. The van der Waals surface area contributed by atoms with Crippen LogP contribution in [0.4, 0.5) is 0 Å². The zero-order valence-corrected chi connectivity index (χ0v) is 9.34. The number of aryl methyl sites for hydroxylation is 1. The van der Waals surface area contributed by atoms with Crippen molar-refractivity contribution in [2.75, 3.05) is 0 Å². The first-order chi connectivity index (χ1) is 8.13. The number of carboxylic acid groups (broad SMARTS) is 1. The number of fused-ring (bicyclic) bond motifs is 1. The summed E-state index contributed by atoms with van der Waals surface area (Å²) in [6.07, 6.45) is 1.80. The molecule has 17 heavy (non-hydrogen) atoms. The maximum Gasteiger partial charge on any atom is 0.309 e. The lowest BCUT2D eigenvalue weighted by molar-refractivity contribution is -0.136. The van der Waals surface area contributed by atoms with E-state index in [-0.39, 0.29) is 12.8 Å². The lowest BCUT2D eigenvalue weighted by atomic mass is 10.2. The van der Waals surface area contributed by atoms with E-state index >= 15 is 0 Å². The van der Waals surface area contributed by atoms with Crippen molar-refractivity contribution in [2.45, 2.75) is 19.8 Å². The number of carbonyl (C=O) groups is 1. The lowest BCUT2D eigenvalue weighted by Gasteiger charge is -1.99. The number of nitrogens with zero attached hydrogens (tertiary/aromatic N) is 3. The Morgan fingerprint density at radius 2 is 2.41 bits per heavy atom. The van der Waals surface area contributed by atoms with Gasteiger partial charge in [0.2, 0.25) is 0 Å². The summed E-state index contributed by atoms with van der Waals surface area (Å²) >= 11 is 0. The molecule has 0 atom stereocenters. The molecule has 0 aliphatic heterocycles. The summed E-state index contributed by atoms with van der Waals surface area (Å²) in [5.41, 5.74) is 2.80. The van der Waals surface area contributed by atoms with Gasteiger partial charge in [0.1, 0.15) is 5.65 Å². The minimum Gasteiger partial charge on any atom is -0.481 e. The molecular formula is C12H11N3O2. The van der Waals surface area contributed by atoms with E-state index < -0.39 is 5.97 Å². The highest BCUT2D eigenvalue weighted by Gasteiger charge is 2.15. The van der Waals surface area contributed by atoms with E-state index in [1.54, 1.807) is 10.6 Å². The van der Waals surface area contributed by atoms with Gasteiger partial charge in [-0.25, -0.2) is 4.98 Å². The molecule has 0 spiro atoms. The molecular weight excluding hydrogens is 218 g/mol. The summed E-state index contributed by atoms with van der Waals surface area (Å²) in [5.74, 6) is -0.940. The number of hydrogen-bond acceptors (Lipinski definition) is 3. The van der Waals surface area contributed by atoms with Crippen molar-refractivity contribution in [3.8, 4) is 6.07 Å². The molecule has 2 aromatic rings. The molecule has 2 aromatic heterocycles. The van der Waals surface area contributed by atoms with Crippen LogP contribution in [0.15, 0.2) is 18.3 Å². The van der Waals surface area contributed by atoms with Gasteiger partial charge in [-0.1, -0.05) is 6.07 Å². The highest BCUT2D eigenvalue weighted by Crippen LogP contribution is 2.16. The van der Waals surface area contributed by atoms with Crippen LogP contribution in [0.3, 0.4) is 0 Å². The molecule has 2 rings (SSSR count). The molecule has 5 heteroatoms. The lowest BCUT2D eigenvalue weighted by Crippen LogP contribution is -2.04. The monoisotopic (exact) mass is 229 g/mol. The van der Waals surface area contributed by atoms with Gasteiger partial charge in [0, 0.05) is 6.20 Å². The first kappa shape index (κ1) is 11.1. The molecule has 5 nitrogen and oxygen atoms in total. The Morgan fingerprint density at radius 3 is 3.06 bits per heavy atom. The Labute approximate surface area is 97.9 Å². The van der Waals surface area contributed by atoms with E-state index in [0.717, 1.165) is 5.56 Å². The molecule has 2 heterocycles. The topological polar surface area (TPSA) is 78.4 Å². The zero-order valence-electron chi connectivity index (χ0n) is 9.34. The number of rotatable bonds is 3. The molecule has 0 aliphatic carbocycles. The highest BCUT2D eigenvalue weighted by atomic mass is 16.4. The van der Waals surface area contributed by atoms with Crippen LogP contribution in [-0.2, 0) is 17.6 Å². The molecule has 0 unspecified atom stereocenters. The highest BCUT2D eigenvalue weighted by molar-refractivity contribution is 5.70. The van der Waals surface area contributed by atoms with Gasteiger partial charge >= 0.3 is 5.97 Å². The Balaban J connectivity index is 2.66. The number of aliphatic carboxylic acids is 1. The number of hydrogen-bond donors (Lipinski definition) is 1. The van der Waals surface area contributed by atoms with E-state index in [1.807, 2.05) is 25.1 Å². The molecule has 86 valence electrons. The normalized spacial score (nSPS) is 10.4. The van der Waals surface area contributed by atoms with Crippen molar-refractivity contribution < 1.29 is 9.90 Å². The van der Waals surface area contributed by atoms with Crippen molar-refractivity contribution in [1.82, 2.24) is 9.38 Å². The van der Waals surface area contributed by atoms with Crippen molar-refractivity contribution in [3.63, 3.8) is 0 Å². The molecule has 0 aromatic carbocycles. The summed E-state index contributed by atoms with van der Waals surface area (Å²) in [4.78, 5) is 15.1. The van der Waals surface area contributed by atoms with Crippen molar-refractivity contribution in [1.29, 1.82) is 5.26 Å². The summed E-state index contributed by atoms with van der Waals surface area (Å²) in [6.45, 7) is 1.91. The van der Waals surface area contributed by atoms with E-state index in [2.05, 4.69) is 4.98 Å². The van der Waals surface area contributed by atoms with Gasteiger partial charge in [0.25, 0.3) is 0 Å². The third-order valence-electron chi connectivity index (χ3n) is 2.59. The summed E-state index contributed by atoms with van der Waals surface area (Å²) in [6, 6.07) is 5.80. The molecule has 0 saturated carbocycles. The van der Waals surface area contributed by atoms with Crippen LogP contribution >= 0.6 is 0 Å². The second kappa shape index (κ2) is 4.26. The van der Waals surface area contributed by atoms with Gasteiger partial charge in [-0.3, -0.25) is 4.79 Å². The van der Waals surface area contributed by atoms with Gasteiger partial charge in [0.15, 0.2) is 0 Å².